The normalized spacial score (nSPS) is 39.8. The number of hydrogen-bond acceptors (Lipinski definition) is 1. The maximum atomic E-state index is 6.36. The molecule has 1 nitrogen and oxygen atoms in total. The lowest BCUT2D eigenvalue weighted by molar-refractivity contribution is -0.200. The summed E-state index contributed by atoms with van der Waals surface area (Å²) < 4.78 is 6.36. The molecule has 2 unspecified atom stereocenters. The van der Waals surface area contributed by atoms with Crippen LogP contribution in [0.2, 0.25) is 0 Å². The van der Waals surface area contributed by atoms with Crippen molar-refractivity contribution in [3.8, 4) is 0 Å². The van der Waals surface area contributed by atoms with E-state index in [1.54, 1.807) is 0 Å². The van der Waals surface area contributed by atoms with Crippen molar-refractivity contribution in [2.75, 3.05) is 0 Å². The third kappa shape index (κ3) is 2.30. The van der Waals surface area contributed by atoms with Gasteiger partial charge in [-0.15, -0.1) is 0 Å². The van der Waals surface area contributed by atoms with Gasteiger partial charge in [-0.1, -0.05) is 55.4 Å². The van der Waals surface area contributed by atoms with Crippen molar-refractivity contribution in [1.29, 1.82) is 0 Å². The van der Waals surface area contributed by atoms with E-state index in [0.29, 0.717) is 29.5 Å². The van der Waals surface area contributed by atoms with E-state index in [1.165, 1.54) is 0 Å². The molecule has 0 spiro atoms. The molecule has 0 aliphatic carbocycles. The Hall–Kier alpha value is -0.0400. The molecule has 0 radical (unpaired) electrons. The number of ether oxygens (including phenoxy) is 1. The van der Waals surface area contributed by atoms with Crippen molar-refractivity contribution in [1.82, 2.24) is 0 Å². The second-order valence-corrected chi connectivity index (χ2v) is 7.27. The topological polar surface area (TPSA) is 9.23 Å². The summed E-state index contributed by atoms with van der Waals surface area (Å²) in [6.07, 6.45) is 1.93. The Morgan fingerprint density at radius 2 is 1.56 bits per heavy atom. The van der Waals surface area contributed by atoms with Crippen molar-refractivity contribution in [2.45, 2.75) is 74.0 Å². The smallest absolute Gasteiger partial charge is 0.0657 e. The van der Waals surface area contributed by atoms with Crippen LogP contribution >= 0.6 is 0 Å². The van der Waals surface area contributed by atoms with Gasteiger partial charge in [-0.3, -0.25) is 0 Å². The van der Waals surface area contributed by atoms with Crippen molar-refractivity contribution in [3.05, 3.63) is 0 Å². The number of hydrogen-bond donors (Lipinski definition) is 0. The monoisotopic (exact) mass is 226 g/mol. The van der Waals surface area contributed by atoms with Crippen LogP contribution in [0.3, 0.4) is 0 Å². The fraction of sp³-hybridized carbons (Fsp3) is 1.00. The van der Waals surface area contributed by atoms with Crippen LogP contribution in [0.5, 0.6) is 0 Å². The van der Waals surface area contributed by atoms with Gasteiger partial charge in [0.1, 0.15) is 0 Å². The van der Waals surface area contributed by atoms with Crippen molar-refractivity contribution in [2.24, 2.45) is 22.7 Å². The van der Waals surface area contributed by atoms with E-state index in [1.807, 2.05) is 0 Å². The molecule has 1 rings (SSSR count). The molecule has 16 heavy (non-hydrogen) atoms. The molecule has 1 aliphatic heterocycles. The third-order valence-corrected chi connectivity index (χ3v) is 4.94. The Morgan fingerprint density at radius 3 is 1.94 bits per heavy atom. The number of rotatable bonds is 1. The first-order valence-electron chi connectivity index (χ1n) is 6.77. The molecule has 0 bridgehead atoms. The van der Waals surface area contributed by atoms with Crippen LogP contribution in [0.15, 0.2) is 0 Å². The molecular formula is C15H30O. The summed E-state index contributed by atoms with van der Waals surface area (Å²) in [6, 6.07) is 0. The zero-order chi connectivity index (χ0) is 12.7. The van der Waals surface area contributed by atoms with Gasteiger partial charge >= 0.3 is 0 Å². The minimum Gasteiger partial charge on any atom is -0.374 e. The van der Waals surface area contributed by atoms with Gasteiger partial charge in [0.2, 0.25) is 0 Å². The lowest BCUT2D eigenvalue weighted by Gasteiger charge is -2.54. The van der Waals surface area contributed by atoms with E-state index in [2.05, 4.69) is 55.4 Å². The summed E-state index contributed by atoms with van der Waals surface area (Å²) in [5.41, 5.74) is 0.612. The lowest BCUT2D eigenvalue weighted by atomic mass is 9.61. The molecule has 4 atom stereocenters. The Morgan fingerprint density at radius 1 is 1.06 bits per heavy atom. The second-order valence-electron chi connectivity index (χ2n) is 7.27. The minimum atomic E-state index is 0.240. The van der Waals surface area contributed by atoms with E-state index in [-0.39, 0.29) is 5.41 Å². The highest BCUT2D eigenvalue weighted by molar-refractivity contribution is 4.96. The van der Waals surface area contributed by atoms with E-state index in [4.69, 9.17) is 4.74 Å². The average molecular weight is 226 g/mol. The zero-order valence-corrected chi connectivity index (χ0v) is 12.4. The molecule has 1 aliphatic rings. The quantitative estimate of drug-likeness (QED) is 0.639. The Labute approximate surface area is 102 Å². The summed E-state index contributed by atoms with van der Waals surface area (Å²) >= 11 is 0. The minimum absolute atomic E-state index is 0.240. The van der Waals surface area contributed by atoms with Gasteiger partial charge in [0.25, 0.3) is 0 Å². The van der Waals surface area contributed by atoms with Crippen LogP contribution in [-0.4, -0.2) is 12.2 Å². The Bertz CT molecular complexity index is 236. The van der Waals surface area contributed by atoms with Crippen molar-refractivity contribution >= 4 is 0 Å². The molecule has 0 aromatic heterocycles. The highest BCUT2D eigenvalue weighted by atomic mass is 16.5. The standard InChI is InChI=1S/C15H30O/c1-9-12-10(2)15(7,8)11(3)13(16-12)14(4,5)6/h10-13H,9H2,1-8H3/t10-,11?,12?,13-/m0/s1. The van der Waals surface area contributed by atoms with Crippen LogP contribution in [0, 0.1) is 22.7 Å². The summed E-state index contributed by atoms with van der Waals surface area (Å²) in [5.74, 6) is 1.26. The highest BCUT2D eigenvalue weighted by Gasteiger charge is 2.49. The Balaban J connectivity index is 3.00. The Kier molecular flexibility index (Phi) is 3.79. The van der Waals surface area contributed by atoms with Gasteiger partial charge < -0.3 is 4.74 Å². The second kappa shape index (κ2) is 4.33. The zero-order valence-electron chi connectivity index (χ0n) is 12.4. The molecule has 0 N–H and O–H groups in total. The molecule has 1 heteroatoms. The summed E-state index contributed by atoms with van der Waals surface area (Å²) in [7, 11) is 0. The van der Waals surface area contributed by atoms with E-state index >= 15 is 0 Å². The molecule has 1 saturated heterocycles. The van der Waals surface area contributed by atoms with Gasteiger partial charge in [-0.05, 0) is 29.1 Å². The fourth-order valence-corrected chi connectivity index (χ4v) is 3.11. The molecule has 0 saturated carbocycles. The highest BCUT2D eigenvalue weighted by Crippen LogP contribution is 2.49. The first-order chi connectivity index (χ1) is 7.12. The molecule has 96 valence electrons. The van der Waals surface area contributed by atoms with Crippen LogP contribution in [0.1, 0.15) is 61.8 Å². The van der Waals surface area contributed by atoms with Gasteiger partial charge in [-0.25, -0.2) is 0 Å². The van der Waals surface area contributed by atoms with Crippen molar-refractivity contribution in [3.63, 3.8) is 0 Å². The third-order valence-electron chi connectivity index (χ3n) is 4.94. The summed E-state index contributed by atoms with van der Waals surface area (Å²) in [6.45, 7) is 18.7. The summed E-state index contributed by atoms with van der Waals surface area (Å²) in [5, 5.41) is 0. The predicted octanol–water partition coefficient (Wildman–Crippen LogP) is 4.51. The van der Waals surface area contributed by atoms with Gasteiger partial charge in [0.15, 0.2) is 0 Å². The fourth-order valence-electron chi connectivity index (χ4n) is 3.11. The van der Waals surface area contributed by atoms with E-state index in [0.717, 1.165) is 6.42 Å². The predicted molar refractivity (Wildman–Crippen MR) is 70.5 cm³/mol. The summed E-state index contributed by atoms with van der Waals surface area (Å²) in [4.78, 5) is 0. The maximum Gasteiger partial charge on any atom is 0.0657 e. The van der Waals surface area contributed by atoms with Crippen LogP contribution in [0.25, 0.3) is 0 Å². The molecule has 0 amide bonds. The average Bonchev–Trinajstić information content (AvgIpc) is 2.14. The maximum absolute atomic E-state index is 6.36. The SMILES string of the molecule is CCC1O[C@H](C(C)(C)C)C(C)C(C)(C)[C@H]1C. The van der Waals surface area contributed by atoms with Gasteiger partial charge in [0.05, 0.1) is 12.2 Å². The first-order valence-corrected chi connectivity index (χ1v) is 6.77. The van der Waals surface area contributed by atoms with Crippen LogP contribution in [-0.2, 0) is 4.74 Å². The molecule has 1 fully saturated rings. The van der Waals surface area contributed by atoms with Gasteiger partial charge in [-0.2, -0.15) is 0 Å². The molecule has 0 aromatic rings. The molecule has 0 aromatic carbocycles. The molecule has 1 heterocycles. The largest absolute Gasteiger partial charge is 0.374 e. The van der Waals surface area contributed by atoms with E-state index < -0.39 is 0 Å². The van der Waals surface area contributed by atoms with Crippen LogP contribution in [0.4, 0.5) is 0 Å². The van der Waals surface area contributed by atoms with Crippen LogP contribution < -0.4 is 0 Å². The van der Waals surface area contributed by atoms with Gasteiger partial charge in [0, 0.05) is 0 Å². The molecular weight excluding hydrogens is 196 g/mol. The van der Waals surface area contributed by atoms with Crippen molar-refractivity contribution < 1.29 is 4.74 Å². The van der Waals surface area contributed by atoms with E-state index in [9.17, 15) is 0 Å². The lowest BCUT2D eigenvalue weighted by Crippen LogP contribution is -2.54. The first kappa shape index (κ1) is 14.0.